The smallest absolute Gasteiger partial charge is 0.408 e. The predicted molar refractivity (Wildman–Crippen MR) is 166 cm³/mol. The minimum atomic E-state index is -0.874. The molecule has 0 saturated heterocycles. The first-order valence-corrected chi connectivity index (χ1v) is 15.5. The van der Waals surface area contributed by atoms with Gasteiger partial charge in [0.05, 0.1) is 0 Å². The van der Waals surface area contributed by atoms with E-state index in [9.17, 15) is 14.4 Å². The lowest BCUT2D eigenvalue weighted by Gasteiger charge is -2.35. The van der Waals surface area contributed by atoms with Gasteiger partial charge in [-0.05, 0) is 89.1 Å². The number of hydrogen-bond acceptors (Lipinski definition) is 5. The maximum atomic E-state index is 14.3. The lowest BCUT2D eigenvalue weighted by atomic mass is 9.95. The van der Waals surface area contributed by atoms with Gasteiger partial charge in [-0.15, -0.1) is 0 Å². The van der Waals surface area contributed by atoms with Crippen molar-refractivity contribution < 1.29 is 19.1 Å². The zero-order chi connectivity index (χ0) is 29.9. The van der Waals surface area contributed by atoms with Crippen molar-refractivity contribution in [1.29, 1.82) is 0 Å². The SMILES string of the molecule is CCCCCN(C(=O)C(CCSC)NC(=O)OC(C)(C)C)C(C(=O)Nc1ccccc1C)c1cc(C)ccc1C. The molecule has 2 aromatic carbocycles. The van der Waals surface area contributed by atoms with Crippen LogP contribution in [0.5, 0.6) is 0 Å². The Kier molecular flexibility index (Phi) is 13.0. The summed E-state index contributed by atoms with van der Waals surface area (Å²) in [4.78, 5) is 42.9. The Bertz CT molecular complexity index is 1150. The van der Waals surface area contributed by atoms with Gasteiger partial charge >= 0.3 is 6.09 Å². The number of aryl methyl sites for hydroxylation is 3. The average molecular weight is 570 g/mol. The second kappa shape index (κ2) is 15.7. The molecule has 0 fully saturated rings. The van der Waals surface area contributed by atoms with Crippen LogP contribution in [0.15, 0.2) is 42.5 Å². The van der Waals surface area contributed by atoms with Crippen LogP contribution in [0.3, 0.4) is 0 Å². The molecule has 0 radical (unpaired) electrons. The molecule has 2 atom stereocenters. The van der Waals surface area contributed by atoms with Gasteiger partial charge in [0.2, 0.25) is 5.91 Å². The van der Waals surface area contributed by atoms with Crippen molar-refractivity contribution in [3.63, 3.8) is 0 Å². The van der Waals surface area contributed by atoms with Crippen LogP contribution >= 0.6 is 11.8 Å². The Morgan fingerprint density at radius 3 is 2.33 bits per heavy atom. The second-order valence-electron chi connectivity index (χ2n) is 11.3. The summed E-state index contributed by atoms with van der Waals surface area (Å²) in [6.45, 7) is 13.7. The van der Waals surface area contributed by atoms with Gasteiger partial charge in [0, 0.05) is 12.2 Å². The molecule has 0 saturated carbocycles. The zero-order valence-electron chi connectivity index (χ0n) is 25.4. The Morgan fingerprint density at radius 1 is 1.00 bits per heavy atom. The quantitative estimate of drug-likeness (QED) is 0.255. The third kappa shape index (κ3) is 10.2. The predicted octanol–water partition coefficient (Wildman–Crippen LogP) is 6.96. The summed E-state index contributed by atoms with van der Waals surface area (Å²) in [6.07, 6.45) is 4.36. The van der Waals surface area contributed by atoms with Crippen molar-refractivity contribution >= 4 is 35.4 Å². The Balaban J connectivity index is 2.59. The van der Waals surface area contributed by atoms with Gasteiger partial charge in [-0.1, -0.05) is 61.7 Å². The number of hydrogen-bond donors (Lipinski definition) is 2. The van der Waals surface area contributed by atoms with Crippen LogP contribution in [-0.2, 0) is 14.3 Å². The van der Waals surface area contributed by atoms with E-state index in [2.05, 4.69) is 17.6 Å². The number of amides is 3. The third-order valence-electron chi connectivity index (χ3n) is 6.58. The highest BCUT2D eigenvalue weighted by molar-refractivity contribution is 7.98. The van der Waals surface area contributed by atoms with Gasteiger partial charge in [-0.25, -0.2) is 4.79 Å². The summed E-state index contributed by atoms with van der Waals surface area (Å²) in [5.74, 6) is 0.0917. The second-order valence-corrected chi connectivity index (χ2v) is 12.3. The number of nitrogens with zero attached hydrogens (tertiary/aromatic N) is 1. The number of thioether (sulfide) groups is 1. The van der Waals surface area contributed by atoms with E-state index in [4.69, 9.17) is 4.74 Å². The maximum Gasteiger partial charge on any atom is 0.408 e. The monoisotopic (exact) mass is 569 g/mol. The molecule has 0 aromatic heterocycles. The van der Waals surface area contributed by atoms with E-state index in [1.54, 1.807) is 37.4 Å². The average Bonchev–Trinajstić information content (AvgIpc) is 2.87. The molecule has 0 aliphatic rings. The van der Waals surface area contributed by atoms with E-state index in [0.717, 1.165) is 41.5 Å². The molecule has 7 nitrogen and oxygen atoms in total. The lowest BCUT2D eigenvalue weighted by molar-refractivity contribution is -0.141. The first-order chi connectivity index (χ1) is 18.9. The summed E-state index contributed by atoms with van der Waals surface area (Å²) in [6, 6.07) is 11.9. The fourth-order valence-electron chi connectivity index (χ4n) is 4.46. The molecule has 40 heavy (non-hydrogen) atoms. The molecular formula is C32H47N3O4S. The zero-order valence-corrected chi connectivity index (χ0v) is 26.2. The van der Waals surface area contributed by atoms with Gasteiger partial charge < -0.3 is 20.3 Å². The van der Waals surface area contributed by atoms with Crippen LogP contribution in [0.4, 0.5) is 10.5 Å². The van der Waals surface area contributed by atoms with Crippen LogP contribution in [0.1, 0.15) is 81.7 Å². The Morgan fingerprint density at radius 2 is 1.70 bits per heavy atom. The highest BCUT2D eigenvalue weighted by atomic mass is 32.2. The van der Waals surface area contributed by atoms with Crippen LogP contribution < -0.4 is 10.6 Å². The number of alkyl carbamates (subject to hydrolysis) is 1. The van der Waals surface area contributed by atoms with Crippen LogP contribution in [0, 0.1) is 20.8 Å². The molecule has 0 aliphatic carbocycles. The Hall–Kier alpha value is -3.00. The van der Waals surface area contributed by atoms with E-state index in [1.165, 1.54) is 0 Å². The van der Waals surface area contributed by atoms with Gasteiger partial charge in [0.15, 0.2) is 0 Å². The lowest BCUT2D eigenvalue weighted by Crippen LogP contribution is -2.53. The molecule has 0 spiro atoms. The number of unbranched alkanes of at least 4 members (excludes halogenated alkanes) is 2. The summed E-state index contributed by atoms with van der Waals surface area (Å²) in [7, 11) is 0. The summed E-state index contributed by atoms with van der Waals surface area (Å²) >= 11 is 1.60. The van der Waals surface area contributed by atoms with Crippen molar-refractivity contribution in [3.05, 3.63) is 64.7 Å². The van der Waals surface area contributed by atoms with Gasteiger partial charge in [-0.3, -0.25) is 9.59 Å². The van der Waals surface area contributed by atoms with Crippen LogP contribution in [0.25, 0.3) is 0 Å². The van der Waals surface area contributed by atoms with Crippen molar-refractivity contribution in [2.45, 2.75) is 91.8 Å². The number of carbonyl (C=O) groups is 3. The van der Waals surface area contributed by atoms with Crippen molar-refractivity contribution in [2.24, 2.45) is 0 Å². The summed E-state index contributed by atoms with van der Waals surface area (Å²) in [5.41, 5.74) is 3.63. The molecular weight excluding hydrogens is 522 g/mol. The van der Waals surface area contributed by atoms with E-state index < -0.39 is 23.8 Å². The molecule has 3 amide bonds. The topological polar surface area (TPSA) is 87.7 Å². The number of para-hydroxylation sites is 1. The van der Waals surface area contributed by atoms with Crippen LogP contribution in [-0.4, -0.2) is 53.0 Å². The van der Waals surface area contributed by atoms with E-state index in [0.29, 0.717) is 24.4 Å². The highest BCUT2D eigenvalue weighted by Gasteiger charge is 2.36. The van der Waals surface area contributed by atoms with Gasteiger partial charge in [0.25, 0.3) is 5.91 Å². The molecule has 2 rings (SSSR count). The molecule has 0 aliphatic heterocycles. The number of benzene rings is 2. The van der Waals surface area contributed by atoms with Gasteiger partial charge in [0.1, 0.15) is 17.7 Å². The Labute approximate surface area is 244 Å². The standard InChI is InChI=1S/C32H47N3O4S/c1-9-10-13-19-35(30(37)27(18-20-40-8)34-31(38)39-32(5,6)7)28(25-21-22(2)16-17-23(25)3)29(36)33-26-15-12-11-14-24(26)4/h11-12,14-17,21,27-28H,9-10,13,18-20H2,1-8H3,(H,33,36)(H,34,38). The summed E-state index contributed by atoms with van der Waals surface area (Å²) < 4.78 is 5.49. The fourth-order valence-corrected chi connectivity index (χ4v) is 4.93. The first kappa shape index (κ1) is 33.2. The fraction of sp³-hybridized carbons (Fsp3) is 0.531. The summed E-state index contributed by atoms with van der Waals surface area (Å²) in [5, 5.41) is 5.90. The number of ether oxygens (including phenoxy) is 1. The normalized spacial score (nSPS) is 12.8. The van der Waals surface area contributed by atoms with Crippen molar-refractivity contribution in [1.82, 2.24) is 10.2 Å². The van der Waals surface area contributed by atoms with Gasteiger partial charge in [-0.2, -0.15) is 11.8 Å². The van der Waals surface area contributed by atoms with E-state index in [-0.39, 0.29) is 11.8 Å². The maximum absolute atomic E-state index is 14.3. The minimum absolute atomic E-state index is 0.284. The number of anilines is 1. The number of nitrogens with one attached hydrogen (secondary N) is 2. The van der Waals surface area contributed by atoms with Crippen molar-refractivity contribution in [2.75, 3.05) is 23.9 Å². The molecule has 0 heterocycles. The largest absolute Gasteiger partial charge is 0.444 e. The molecule has 0 bridgehead atoms. The first-order valence-electron chi connectivity index (χ1n) is 14.1. The van der Waals surface area contributed by atoms with E-state index in [1.807, 2.05) is 69.5 Å². The number of carbonyl (C=O) groups excluding carboxylic acids is 3. The number of rotatable bonds is 13. The molecule has 8 heteroatoms. The third-order valence-corrected chi connectivity index (χ3v) is 7.22. The van der Waals surface area contributed by atoms with Crippen molar-refractivity contribution in [3.8, 4) is 0 Å². The molecule has 2 N–H and O–H groups in total. The molecule has 220 valence electrons. The van der Waals surface area contributed by atoms with Crippen LogP contribution in [0.2, 0.25) is 0 Å². The minimum Gasteiger partial charge on any atom is -0.444 e. The van der Waals surface area contributed by atoms with E-state index >= 15 is 0 Å². The molecule has 2 aromatic rings. The highest BCUT2D eigenvalue weighted by Crippen LogP contribution is 2.29. The molecule has 2 unspecified atom stereocenters.